The van der Waals surface area contributed by atoms with Gasteiger partial charge in [0.1, 0.15) is 5.75 Å². The third kappa shape index (κ3) is 2.51. The minimum atomic E-state index is 0.0142. The number of fused-ring (bicyclic) bond motifs is 1. The minimum absolute atomic E-state index is 0.0142. The minimum Gasteiger partial charge on any atom is -0.493 e. The SMILES string of the molecule is CNC(c1ccc(Cl)cn1)c1cccc2c1OCCC2. The number of aryl methyl sites for hydroxylation is 1. The lowest BCUT2D eigenvalue weighted by Gasteiger charge is -2.24. The molecule has 104 valence electrons. The van der Waals surface area contributed by atoms with Crippen LogP contribution in [0.25, 0.3) is 0 Å². The molecule has 3 nitrogen and oxygen atoms in total. The molecule has 0 spiro atoms. The molecule has 1 N–H and O–H groups in total. The van der Waals surface area contributed by atoms with Crippen molar-refractivity contribution in [3.8, 4) is 5.75 Å². The van der Waals surface area contributed by atoms with E-state index in [1.54, 1.807) is 6.20 Å². The zero-order chi connectivity index (χ0) is 13.9. The number of rotatable bonds is 3. The number of ether oxygens (including phenoxy) is 1. The molecule has 1 aliphatic heterocycles. The van der Waals surface area contributed by atoms with Crippen LogP contribution < -0.4 is 10.1 Å². The fourth-order valence-corrected chi connectivity index (χ4v) is 2.77. The first-order valence-corrected chi connectivity index (χ1v) is 7.20. The maximum atomic E-state index is 5.91. The summed E-state index contributed by atoms with van der Waals surface area (Å²) in [4.78, 5) is 4.42. The molecule has 0 saturated heterocycles. The molecule has 20 heavy (non-hydrogen) atoms. The normalized spacial score (nSPS) is 15.3. The van der Waals surface area contributed by atoms with Crippen molar-refractivity contribution < 1.29 is 4.74 Å². The van der Waals surface area contributed by atoms with Crippen LogP contribution in [0.4, 0.5) is 0 Å². The van der Waals surface area contributed by atoms with Crippen molar-refractivity contribution in [1.29, 1.82) is 0 Å². The highest BCUT2D eigenvalue weighted by Crippen LogP contribution is 2.35. The van der Waals surface area contributed by atoms with Crippen molar-refractivity contribution in [2.75, 3.05) is 13.7 Å². The molecule has 1 unspecified atom stereocenters. The van der Waals surface area contributed by atoms with Crippen LogP contribution in [-0.2, 0) is 6.42 Å². The van der Waals surface area contributed by atoms with E-state index in [-0.39, 0.29) is 6.04 Å². The van der Waals surface area contributed by atoms with Gasteiger partial charge >= 0.3 is 0 Å². The third-order valence-electron chi connectivity index (χ3n) is 3.61. The van der Waals surface area contributed by atoms with E-state index in [0.29, 0.717) is 5.02 Å². The highest BCUT2D eigenvalue weighted by Gasteiger charge is 2.22. The molecule has 1 aromatic carbocycles. The molecule has 3 rings (SSSR count). The van der Waals surface area contributed by atoms with Crippen molar-refractivity contribution in [1.82, 2.24) is 10.3 Å². The smallest absolute Gasteiger partial charge is 0.127 e. The van der Waals surface area contributed by atoms with Crippen LogP contribution in [0.2, 0.25) is 5.02 Å². The van der Waals surface area contributed by atoms with Gasteiger partial charge in [-0.15, -0.1) is 0 Å². The van der Waals surface area contributed by atoms with E-state index in [1.165, 1.54) is 5.56 Å². The summed E-state index contributed by atoms with van der Waals surface area (Å²) in [6.45, 7) is 0.786. The van der Waals surface area contributed by atoms with Crippen molar-refractivity contribution in [2.45, 2.75) is 18.9 Å². The van der Waals surface area contributed by atoms with Crippen LogP contribution >= 0.6 is 11.6 Å². The van der Waals surface area contributed by atoms with Gasteiger partial charge in [-0.1, -0.05) is 29.8 Å². The highest BCUT2D eigenvalue weighted by molar-refractivity contribution is 6.30. The van der Waals surface area contributed by atoms with Crippen LogP contribution in [0.3, 0.4) is 0 Å². The zero-order valence-electron chi connectivity index (χ0n) is 11.4. The van der Waals surface area contributed by atoms with Crippen molar-refractivity contribution >= 4 is 11.6 Å². The number of nitrogens with one attached hydrogen (secondary N) is 1. The van der Waals surface area contributed by atoms with E-state index in [2.05, 4.69) is 28.5 Å². The average molecular weight is 289 g/mol. The first kappa shape index (κ1) is 13.4. The second kappa shape index (κ2) is 5.81. The van der Waals surface area contributed by atoms with Crippen LogP contribution in [0, 0.1) is 0 Å². The topological polar surface area (TPSA) is 34.2 Å². The summed E-state index contributed by atoms with van der Waals surface area (Å²) in [7, 11) is 1.93. The van der Waals surface area contributed by atoms with E-state index >= 15 is 0 Å². The Labute approximate surface area is 123 Å². The van der Waals surface area contributed by atoms with Gasteiger partial charge in [0, 0.05) is 11.8 Å². The largest absolute Gasteiger partial charge is 0.493 e. The van der Waals surface area contributed by atoms with E-state index < -0.39 is 0 Å². The van der Waals surface area contributed by atoms with Crippen molar-refractivity contribution in [3.63, 3.8) is 0 Å². The lowest BCUT2D eigenvalue weighted by atomic mass is 9.96. The zero-order valence-corrected chi connectivity index (χ0v) is 12.2. The quantitative estimate of drug-likeness (QED) is 0.940. The molecule has 2 heterocycles. The number of nitrogens with zero attached hydrogens (tertiary/aromatic N) is 1. The van der Waals surface area contributed by atoms with E-state index in [0.717, 1.165) is 36.5 Å². The molecule has 1 atom stereocenters. The lowest BCUT2D eigenvalue weighted by Crippen LogP contribution is -2.21. The maximum Gasteiger partial charge on any atom is 0.127 e. The maximum absolute atomic E-state index is 5.91. The van der Waals surface area contributed by atoms with Gasteiger partial charge in [0.25, 0.3) is 0 Å². The summed E-state index contributed by atoms with van der Waals surface area (Å²) in [6.07, 6.45) is 3.84. The van der Waals surface area contributed by atoms with Crippen molar-refractivity contribution in [3.05, 3.63) is 58.4 Å². The number of halogens is 1. The Hall–Kier alpha value is -1.58. The Kier molecular flexibility index (Phi) is 3.90. The van der Waals surface area contributed by atoms with Gasteiger partial charge in [-0.25, -0.2) is 0 Å². The monoisotopic (exact) mass is 288 g/mol. The molecule has 0 amide bonds. The number of para-hydroxylation sites is 1. The third-order valence-corrected chi connectivity index (χ3v) is 3.83. The van der Waals surface area contributed by atoms with Crippen LogP contribution in [0.1, 0.15) is 29.3 Å². The molecule has 0 saturated carbocycles. The van der Waals surface area contributed by atoms with Crippen molar-refractivity contribution in [2.24, 2.45) is 0 Å². The first-order chi connectivity index (χ1) is 9.79. The molecule has 0 aliphatic carbocycles. The molecule has 1 aromatic heterocycles. The van der Waals surface area contributed by atoms with Gasteiger partial charge in [0.15, 0.2) is 0 Å². The fraction of sp³-hybridized carbons (Fsp3) is 0.312. The van der Waals surface area contributed by atoms with Crippen LogP contribution in [0.5, 0.6) is 5.75 Å². The number of hydrogen-bond donors (Lipinski definition) is 1. The summed E-state index contributed by atoms with van der Waals surface area (Å²) in [5, 5.41) is 3.97. The average Bonchev–Trinajstić information content (AvgIpc) is 2.50. The molecular formula is C16H17ClN2O. The Morgan fingerprint density at radius 3 is 2.95 bits per heavy atom. The molecular weight excluding hydrogens is 272 g/mol. The highest BCUT2D eigenvalue weighted by atomic mass is 35.5. The van der Waals surface area contributed by atoms with E-state index in [1.807, 2.05) is 19.2 Å². The molecule has 0 fully saturated rings. The Morgan fingerprint density at radius 1 is 1.30 bits per heavy atom. The van der Waals surface area contributed by atoms with E-state index in [9.17, 15) is 0 Å². The summed E-state index contributed by atoms with van der Waals surface area (Å²) >= 11 is 5.91. The summed E-state index contributed by atoms with van der Waals surface area (Å²) < 4.78 is 5.89. The van der Waals surface area contributed by atoms with Gasteiger partial charge in [0.2, 0.25) is 0 Å². The molecule has 2 aromatic rings. The predicted molar refractivity (Wildman–Crippen MR) is 80.4 cm³/mol. The summed E-state index contributed by atoms with van der Waals surface area (Å²) in [6, 6.07) is 10.2. The Balaban J connectivity index is 2.03. The summed E-state index contributed by atoms with van der Waals surface area (Å²) in [5.74, 6) is 1.01. The van der Waals surface area contributed by atoms with Gasteiger partial charge in [0.05, 0.1) is 23.4 Å². The molecule has 0 radical (unpaired) electrons. The van der Waals surface area contributed by atoms with Gasteiger partial charge in [-0.05, 0) is 37.6 Å². The Morgan fingerprint density at radius 2 is 2.20 bits per heavy atom. The fourth-order valence-electron chi connectivity index (χ4n) is 2.66. The van der Waals surface area contributed by atoms with Crippen LogP contribution in [-0.4, -0.2) is 18.6 Å². The number of aromatic nitrogens is 1. The predicted octanol–water partition coefficient (Wildman–Crippen LogP) is 3.37. The van der Waals surface area contributed by atoms with Gasteiger partial charge in [-0.2, -0.15) is 0 Å². The lowest BCUT2D eigenvalue weighted by molar-refractivity contribution is 0.283. The molecule has 1 aliphatic rings. The second-order valence-corrected chi connectivity index (χ2v) is 5.35. The molecule has 4 heteroatoms. The van der Waals surface area contributed by atoms with Gasteiger partial charge < -0.3 is 10.1 Å². The number of pyridine rings is 1. The number of benzene rings is 1. The molecule has 0 bridgehead atoms. The summed E-state index contributed by atoms with van der Waals surface area (Å²) in [5.41, 5.74) is 3.36. The Bertz CT molecular complexity index is 598. The van der Waals surface area contributed by atoms with Gasteiger partial charge in [-0.3, -0.25) is 4.98 Å². The number of hydrogen-bond acceptors (Lipinski definition) is 3. The first-order valence-electron chi connectivity index (χ1n) is 6.83. The van der Waals surface area contributed by atoms with Crippen LogP contribution in [0.15, 0.2) is 36.5 Å². The second-order valence-electron chi connectivity index (χ2n) is 4.91. The van der Waals surface area contributed by atoms with E-state index in [4.69, 9.17) is 16.3 Å². The standard InChI is InChI=1S/C16H17ClN2O/c1-18-15(14-8-7-12(17)10-19-14)13-6-2-4-11-5-3-9-20-16(11)13/h2,4,6-8,10,15,18H,3,5,9H2,1H3.